The van der Waals surface area contributed by atoms with Gasteiger partial charge in [0.05, 0.1) is 26.8 Å². The first-order valence-corrected chi connectivity index (χ1v) is 13.5. The van der Waals surface area contributed by atoms with E-state index >= 15 is 0 Å². The highest BCUT2D eigenvalue weighted by Gasteiger charge is 2.18. The highest BCUT2D eigenvalue weighted by Crippen LogP contribution is 2.37. The van der Waals surface area contributed by atoms with Crippen molar-refractivity contribution in [1.82, 2.24) is 8.97 Å². The SMILES string of the molecule is N#Cc1c2ccccc2c(=O)n2c1sc1cc(-n3c4ccccc4c4cc(-c5ccccc5)ccc43)ccc12. The standard InChI is InChI=1S/C34H19N3OS/c35-20-28-24-10-4-5-12-26(24)33(38)37-31-17-15-23(19-32(31)39-34(28)37)36-29-13-7-6-11-25(29)27-18-22(14-16-30(27)36)21-8-2-1-3-9-21/h1-19H. The van der Waals surface area contributed by atoms with E-state index in [9.17, 15) is 10.1 Å². The number of hydrogen-bond acceptors (Lipinski definition) is 3. The van der Waals surface area contributed by atoms with Crippen LogP contribution in [0.15, 0.2) is 120 Å². The number of hydrogen-bond donors (Lipinski definition) is 0. The summed E-state index contributed by atoms with van der Waals surface area (Å²) in [5, 5.41) is 13.7. The molecule has 0 unspecified atom stereocenters. The summed E-state index contributed by atoms with van der Waals surface area (Å²) in [6.45, 7) is 0. The number of thiazole rings is 1. The van der Waals surface area contributed by atoms with E-state index in [1.54, 1.807) is 10.5 Å². The Kier molecular flexibility index (Phi) is 4.57. The summed E-state index contributed by atoms with van der Waals surface area (Å²) < 4.78 is 4.94. The van der Waals surface area contributed by atoms with E-state index in [4.69, 9.17) is 0 Å². The Morgan fingerprint density at radius 2 is 1.31 bits per heavy atom. The molecule has 5 aromatic carbocycles. The van der Waals surface area contributed by atoms with Crippen molar-refractivity contribution in [2.24, 2.45) is 0 Å². The van der Waals surface area contributed by atoms with Gasteiger partial charge >= 0.3 is 0 Å². The molecular formula is C34H19N3OS. The van der Waals surface area contributed by atoms with Crippen molar-refractivity contribution in [3.63, 3.8) is 0 Å². The Balaban J connectivity index is 1.42. The van der Waals surface area contributed by atoms with E-state index in [1.165, 1.54) is 33.2 Å². The van der Waals surface area contributed by atoms with Crippen LogP contribution in [0.25, 0.3) is 64.4 Å². The van der Waals surface area contributed by atoms with Gasteiger partial charge in [-0.3, -0.25) is 9.20 Å². The van der Waals surface area contributed by atoms with E-state index < -0.39 is 0 Å². The van der Waals surface area contributed by atoms with Gasteiger partial charge in [0.15, 0.2) is 0 Å². The molecule has 0 bridgehead atoms. The van der Waals surface area contributed by atoms with Crippen LogP contribution >= 0.6 is 11.3 Å². The van der Waals surface area contributed by atoms with Gasteiger partial charge in [-0.2, -0.15) is 5.26 Å². The Bertz CT molecular complexity index is 2370. The maximum Gasteiger partial charge on any atom is 0.264 e. The van der Waals surface area contributed by atoms with Gasteiger partial charge in [0, 0.05) is 27.2 Å². The molecule has 182 valence electrons. The van der Waals surface area contributed by atoms with Crippen LogP contribution in [0.4, 0.5) is 0 Å². The number of aromatic nitrogens is 2. The number of rotatable bonds is 2. The smallest absolute Gasteiger partial charge is 0.264 e. The zero-order chi connectivity index (χ0) is 26.1. The number of benzene rings is 5. The predicted octanol–water partition coefficient (Wildman–Crippen LogP) is 8.30. The molecule has 0 saturated carbocycles. The number of nitriles is 1. The summed E-state index contributed by atoms with van der Waals surface area (Å²) in [4.78, 5) is 14.2. The zero-order valence-corrected chi connectivity index (χ0v) is 21.4. The lowest BCUT2D eigenvalue weighted by Gasteiger charge is -2.09. The molecule has 3 heterocycles. The van der Waals surface area contributed by atoms with E-state index in [0.29, 0.717) is 21.2 Å². The molecule has 0 spiro atoms. The van der Waals surface area contributed by atoms with Gasteiger partial charge in [-0.05, 0) is 53.6 Å². The monoisotopic (exact) mass is 517 g/mol. The van der Waals surface area contributed by atoms with Crippen molar-refractivity contribution in [1.29, 1.82) is 5.26 Å². The molecule has 8 aromatic rings. The zero-order valence-electron chi connectivity index (χ0n) is 20.6. The molecular weight excluding hydrogens is 498 g/mol. The third-order valence-electron chi connectivity index (χ3n) is 7.59. The molecule has 5 heteroatoms. The second kappa shape index (κ2) is 8.16. The summed E-state index contributed by atoms with van der Waals surface area (Å²) >= 11 is 1.49. The first-order chi connectivity index (χ1) is 19.2. The van der Waals surface area contributed by atoms with E-state index in [1.807, 2.05) is 30.3 Å². The summed E-state index contributed by atoms with van der Waals surface area (Å²) in [5.74, 6) is 0. The third-order valence-corrected chi connectivity index (χ3v) is 8.71. The van der Waals surface area contributed by atoms with Crippen LogP contribution in [-0.4, -0.2) is 8.97 Å². The van der Waals surface area contributed by atoms with Crippen molar-refractivity contribution < 1.29 is 0 Å². The molecule has 39 heavy (non-hydrogen) atoms. The quantitative estimate of drug-likeness (QED) is 0.232. The molecule has 0 radical (unpaired) electrons. The fraction of sp³-hybridized carbons (Fsp3) is 0. The topological polar surface area (TPSA) is 50.2 Å². The number of nitrogens with zero attached hydrogens (tertiary/aromatic N) is 3. The summed E-state index contributed by atoms with van der Waals surface area (Å²) in [6, 6.07) is 41.5. The Hall–Kier alpha value is -5.18. The van der Waals surface area contributed by atoms with Gasteiger partial charge in [-0.25, -0.2) is 0 Å². The first-order valence-electron chi connectivity index (χ1n) is 12.7. The van der Waals surface area contributed by atoms with Crippen molar-refractivity contribution in [2.45, 2.75) is 0 Å². The Morgan fingerprint density at radius 3 is 2.13 bits per heavy atom. The van der Waals surface area contributed by atoms with Gasteiger partial charge < -0.3 is 4.57 Å². The molecule has 0 fully saturated rings. The number of pyridine rings is 1. The highest BCUT2D eigenvalue weighted by atomic mass is 32.1. The van der Waals surface area contributed by atoms with Gasteiger partial charge in [0.1, 0.15) is 10.9 Å². The van der Waals surface area contributed by atoms with Crippen LogP contribution in [-0.2, 0) is 0 Å². The largest absolute Gasteiger partial charge is 0.309 e. The van der Waals surface area contributed by atoms with E-state index in [2.05, 4.69) is 89.5 Å². The average Bonchev–Trinajstić information content (AvgIpc) is 3.53. The number of para-hydroxylation sites is 1. The van der Waals surface area contributed by atoms with Gasteiger partial charge in [0.25, 0.3) is 5.56 Å². The Morgan fingerprint density at radius 1 is 0.615 bits per heavy atom. The van der Waals surface area contributed by atoms with Gasteiger partial charge in [0.2, 0.25) is 0 Å². The minimum absolute atomic E-state index is 0.0936. The third kappa shape index (κ3) is 3.07. The second-order valence-corrected chi connectivity index (χ2v) is 10.7. The van der Waals surface area contributed by atoms with Crippen molar-refractivity contribution in [3.05, 3.63) is 131 Å². The first kappa shape index (κ1) is 21.9. The second-order valence-electron chi connectivity index (χ2n) is 9.68. The van der Waals surface area contributed by atoms with Crippen molar-refractivity contribution in [3.8, 4) is 22.9 Å². The van der Waals surface area contributed by atoms with Crippen molar-refractivity contribution >= 4 is 59.0 Å². The van der Waals surface area contributed by atoms with Crippen molar-refractivity contribution in [2.75, 3.05) is 0 Å². The van der Waals surface area contributed by atoms with Crippen LogP contribution in [0.2, 0.25) is 0 Å². The minimum atomic E-state index is -0.0936. The van der Waals surface area contributed by atoms with Crippen LogP contribution in [0, 0.1) is 11.3 Å². The van der Waals surface area contributed by atoms with Crippen LogP contribution in [0.5, 0.6) is 0 Å². The molecule has 4 nitrogen and oxygen atoms in total. The number of fused-ring (bicyclic) bond motifs is 7. The molecule has 0 aliphatic carbocycles. The maximum absolute atomic E-state index is 13.5. The normalized spacial score (nSPS) is 11.7. The van der Waals surface area contributed by atoms with E-state index in [-0.39, 0.29) is 5.56 Å². The molecule has 0 aliphatic rings. The highest BCUT2D eigenvalue weighted by molar-refractivity contribution is 7.24. The van der Waals surface area contributed by atoms with Gasteiger partial charge in [-0.1, -0.05) is 72.8 Å². The molecule has 3 aromatic heterocycles. The summed E-state index contributed by atoms with van der Waals surface area (Å²) in [5.41, 5.74) is 6.90. The van der Waals surface area contributed by atoms with E-state index in [0.717, 1.165) is 26.9 Å². The fourth-order valence-corrected chi connectivity index (χ4v) is 7.01. The predicted molar refractivity (Wildman–Crippen MR) is 161 cm³/mol. The van der Waals surface area contributed by atoms with Crippen LogP contribution < -0.4 is 5.56 Å². The van der Waals surface area contributed by atoms with Crippen LogP contribution in [0.1, 0.15) is 5.56 Å². The molecule has 0 amide bonds. The fourth-order valence-electron chi connectivity index (χ4n) is 5.82. The maximum atomic E-state index is 13.5. The average molecular weight is 518 g/mol. The lowest BCUT2D eigenvalue weighted by atomic mass is 10.0. The molecule has 8 rings (SSSR count). The molecule has 0 atom stereocenters. The van der Waals surface area contributed by atoms with Crippen LogP contribution in [0.3, 0.4) is 0 Å². The Labute approximate surface area is 226 Å². The summed E-state index contributed by atoms with van der Waals surface area (Å²) in [6.07, 6.45) is 0. The molecule has 0 aliphatic heterocycles. The lowest BCUT2D eigenvalue weighted by Crippen LogP contribution is -2.13. The lowest BCUT2D eigenvalue weighted by molar-refractivity contribution is 1.17. The van der Waals surface area contributed by atoms with Gasteiger partial charge in [-0.15, -0.1) is 11.3 Å². The molecule has 0 N–H and O–H groups in total. The minimum Gasteiger partial charge on any atom is -0.309 e. The summed E-state index contributed by atoms with van der Waals surface area (Å²) in [7, 11) is 0. The molecule has 0 saturated heterocycles.